The van der Waals surface area contributed by atoms with E-state index in [0.717, 1.165) is 9.99 Å². The zero-order chi connectivity index (χ0) is 19.1. The van der Waals surface area contributed by atoms with Gasteiger partial charge in [-0.2, -0.15) is 5.10 Å². The number of amides is 1. The summed E-state index contributed by atoms with van der Waals surface area (Å²) in [4.78, 5) is 12.1. The minimum Gasteiger partial charge on any atom is -0.493 e. The van der Waals surface area contributed by atoms with Crippen LogP contribution in [0.15, 0.2) is 41.5 Å². The van der Waals surface area contributed by atoms with E-state index in [1.165, 1.54) is 6.21 Å². The van der Waals surface area contributed by atoms with Gasteiger partial charge < -0.3 is 9.47 Å². The molecule has 0 aromatic heterocycles. The molecule has 0 fully saturated rings. The maximum absolute atomic E-state index is 12.1. The van der Waals surface area contributed by atoms with Crippen molar-refractivity contribution in [2.45, 2.75) is 26.4 Å². The first-order chi connectivity index (χ1) is 12.4. The van der Waals surface area contributed by atoms with Crippen molar-refractivity contribution < 1.29 is 14.3 Å². The summed E-state index contributed by atoms with van der Waals surface area (Å²) in [7, 11) is 1.55. The van der Waals surface area contributed by atoms with Gasteiger partial charge in [-0.3, -0.25) is 4.79 Å². The number of rotatable bonds is 7. The summed E-state index contributed by atoms with van der Waals surface area (Å²) < 4.78 is 12.2. The van der Waals surface area contributed by atoms with Gasteiger partial charge in [-0.1, -0.05) is 24.6 Å². The van der Waals surface area contributed by atoms with Gasteiger partial charge >= 0.3 is 0 Å². The van der Waals surface area contributed by atoms with Crippen LogP contribution in [0, 0.1) is 3.57 Å². The molecule has 0 aliphatic heterocycles. The molecule has 0 heterocycles. The maximum atomic E-state index is 12.1. The molecule has 0 saturated heterocycles. The molecule has 26 heavy (non-hydrogen) atoms. The first-order valence-electron chi connectivity index (χ1n) is 8.07. The summed E-state index contributed by atoms with van der Waals surface area (Å²) in [5.41, 5.74) is 3.73. The highest BCUT2D eigenvalue weighted by atomic mass is 127. The van der Waals surface area contributed by atoms with E-state index in [4.69, 9.17) is 21.1 Å². The molecule has 0 radical (unpaired) electrons. The van der Waals surface area contributed by atoms with Gasteiger partial charge in [0.25, 0.3) is 5.91 Å². The smallest absolute Gasteiger partial charge is 0.271 e. The van der Waals surface area contributed by atoms with Crippen LogP contribution >= 0.6 is 34.2 Å². The lowest BCUT2D eigenvalue weighted by Gasteiger charge is -2.17. The third-order valence-electron chi connectivity index (χ3n) is 3.61. The van der Waals surface area contributed by atoms with E-state index in [1.807, 2.05) is 26.0 Å². The summed E-state index contributed by atoms with van der Waals surface area (Å²) in [6.07, 6.45) is 2.38. The number of carbonyl (C=O) groups is 1. The van der Waals surface area contributed by atoms with Crippen LogP contribution in [0.5, 0.6) is 11.5 Å². The number of hydrogen-bond donors (Lipinski definition) is 1. The van der Waals surface area contributed by atoms with Crippen LogP contribution in [-0.2, 0) is 0 Å². The van der Waals surface area contributed by atoms with E-state index in [2.05, 4.69) is 33.1 Å². The number of benzene rings is 2. The lowest BCUT2D eigenvalue weighted by molar-refractivity contribution is 0.0955. The molecule has 0 bridgehead atoms. The van der Waals surface area contributed by atoms with Crippen LogP contribution in [0.1, 0.15) is 36.2 Å². The Morgan fingerprint density at radius 1 is 1.38 bits per heavy atom. The van der Waals surface area contributed by atoms with Crippen LogP contribution in [-0.4, -0.2) is 25.3 Å². The Labute approximate surface area is 171 Å². The quantitative estimate of drug-likeness (QED) is 0.344. The van der Waals surface area contributed by atoms with E-state index >= 15 is 0 Å². The maximum Gasteiger partial charge on any atom is 0.271 e. The fourth-order valence-electron chi connectivity index (χ4n) is 2.07. The Hall–Kier alpha value is -1.80. The topological polar surface area (TPSA) is 59.9 Å². The molecule has 0 aliphatic rings. The van der Waals surface area contributed by atoms with Crippen molar-refractivity contribution in [1.82, 2.24) is 5.43 Å². The SMILES string of the molecule is CC[C@@H](C)Oc1c(Cl)cc(/C=N\NC(=O)c2cccc(I)c2)cc1OC. The Kier molecular flexibility index (Phi) is 7.71. The van der Waals surface area contributed by atoms with Crippen LogP contribution in [0.3, 0.4) is 0 Å². The van der Waals surface area contributed by atoms with E-state index in [0.29, 0.717) is 27.6 Å². The molecule has 1 amide bonds. The van der Waals surface area contributed by atoms with Crippen molar-refractivity contribution in [3.63, 3.8) is 0 Å². The summed E-state index contributed by atoms with van der Waals surface area (Å²) in [6, 6.07) is 10.7. The van der Waals surface area contributed by atoms with Gasteiger partial charge in [-0.05, 0) is 71.8 Å². The van der Waals surface area contributed by atoms with Gasteiger partial charge in [0.1, 0.15) is 0 Å². The highest BCUT2D eigenvalue weighted by Gasteiger charge is 2.14. The zero-order valence-electron chi connectivity index (χ0n) is 14.8. The highest BCUT2D eigenvalue weighted by molar-refractivity contribution is 14.1. The number of methoxy groups -OCH3 is 1. The molecule has 2 aromatic rings. The molecular weight excluding hydrogens is 467 g/mol. The summed E-state index contributed by atoms with van der Waals surface area (Å²) in [5, 5.41) is 4.41. The second-order valence-electron chi connectivity index (χ2n) is 5.58. The fourth-order valence-corrected chi connectivity index (χ4v) is 2.88. The third kappa shape index (κ3) is 5.60. The normalized spacial score (nSPS) is 12.0. The molecule has 7 heteroatoms. The minimum absolute atomic E-state index is 0.0221. The average Bonchev–Trinajstić information content (AvgIpc) is 2.63. The number of ether oxygens (including phenoxy) is 2. The van der Waals surface area contributed by atoms with E-state index < -0.39 is 0 Å². The van der Waals surface area contributed by atoms with Gasteiger partial charge in [0.05, 0.1) is 24.5 Å². The number of nitrogens with one attached hydrogen (secondary N) is 1. The predicted octanol–water partition coefficient (Wildman–Crippen LogP) is 4.89. The standard InChI is InChI=1S/C19H20ClIN2O3/c1-4-12(2)26-18-16(20)8-13(9-17(18)25-3)11-22-23-19(24)14-6-5-7-15(21)10-14/h5-12H,4H2,1-3H3,(H,23,24)/b22-11-/t12-/m1/s1. The predicted molar refractivity (Wildman–Crippen MR) is 113 cm³/mol. The molecule has 0 saturated carbocycles. The van der Waals surface area contributed by atoms with Crippen molar-refractivity contribution in [1.29, 1.82) is 0 Å². The third-order valence-corrected chi connectivity index (χ3v) is 4.56. The highest BCUT2D eigenvalue weighted by Crippen LogP contribution is 2.37. The summed E-state index contributed by atoms with van der Waals surface area (Å²) >= 11 is 8.47. The first-order valence-corrected chi connectivity index (χ1v) is 9.53. The molecule has 1 N–H and O–H groups in total. The van der Waals surface area contributed by atoms with Gasteiger partial charge in [-0.25, -0.2) is 5.43 Å². The van der Waals surface area contributed by atoms with Crippen molar-refractivity contribution in [3.05, 3.63) is 56.1 Å². The largest absolute Gasteiger partial charge is 0.493 e. The van der Waals surface area contributed by atoms with Crippen molar-refractivity contribution >= 4 is 46.3 Å². The second-order valence-corrected chi connectivity index (χ2v) is 7.23. The molecule has 138 valence electrons. The van der Waals surface area contributed by atoms with Crippen LogP contribution < -0.4 is 14.9 Å². The van der Waals surface area contributed by atoms with Crippen molar-refractivity contribution in [2.24, 2.45) is 5.10 Å². The summed E-state index contributed by atoms with van der Waals surface area (Å²) in [6.45, 7) is 3.99. The molecule has 2 aromatic carbocycles. The van der Waals surface area contributed by atoms with E-state index in [1.54, 1.807) is 31.4 Å². The summed E-state index contributed by atoms with van der Waals surface area (Å²) in [5.74, 6) is 0.737. The molecule has 5 nitrogen and oxygen atoms in total. The first kappa shape index (κ1) is 20.5. The number of halogens is 2. The molecule has 2 rings (SSSR count). The Morgan fingerprint density at radius 2 is 2.15 bits per heavy atom. The Morgan fingerprint density at radius 3 is 2.81 bits per heavy atom. The van der Waals surface area contributed by atoms with Gasteiger partial charge in [-0.15, -0.1) is 0 Å². The average molecular weight is 487 g/mol. The van der Waals surface area contributed by atoms with Gasteiger partial charge in [0.2, 0.25) is 0 Å². The van der Waals surface area contributed by atoms with E-state index in [9.17, 15) is 4.79 Å². The van der Waals surface area contributed by atoms with Crippen LogP contribution in [0.4, 0.5) is 0 Å². The molecule has 0 aliphatic carbocycles. The van der Waals surface area contributed by atoms with Crippen molar-refractivity contribution in [3.8, 4) is 11.5 Å². The van der Waals surface area contributed by atoms with Crippen LogP contribution in [0.2, 0.25) is 5.02 Å². The monoisotopic (exact) mass is 486 g/mol. The number of hydrogen-bond acceptors (Lipinski definition) is 4. The number of carbonyl (C=O) groups excluding carboxylic acids is 1. The molecule has 1 atom stereocenters. The second kappa shape index (κ2) is 9.78. The van der Waals surface area contributed by atoms with Gasteiger partial charge in [0.15, 0.2) is 11.5 Å². The minimum atomic E-state index is -0.283. The van der Waals surface area contributed by atoms with Gasteiger partial charge in [0, 0.05) is 9.13 Å². The van der Waals surface area contributed by atoms with Crippen LogP contribution in [0.25, 0.3) is 0 Å². The number of nitrogens with zero attached hydrogens (tertiary/aromatic N) is 1. The molecular formula is C19H20ClIN2O3. The van der Waals surface area contributed by atoms with E-state index in [-0.39, 0.29) is 12.0 Å². The molecule has 0 spiro atoms. The van der Waals surface area contributed by atoms with Crippen molar-refractivity contribution in [2.75, 3.05) is 7.11 Å². The lowest BCUT2D eigenvalue weighted by atomic mass is 10.2. The fraction of sp³-hybridized carbons (Fsp3) is 0.263. The number of hydrazone groups is 1. The Balaban J connectivity index is 2.12. The molecule has 0 unspecified atom stereocenters. The Bertz CT molecular complexity index is 811. The zero-order valence-corrected chi connectivity index (χ0v) is 17.7. The lowest BCUT2D eigenvalue weighted by Crippen LogP contribution is -2.17.